The zero-order valence-electron chi connectivity index (χ0n) is 19.1. The molecule has 28 heavy (non-hydrogen) atoms. The SMILES string of the molecule is CC(C)CCC[C@@H](C)[C@H]1CC[C@H]2C3=CCC4=C[C@@H](O)CC[C@]4(C)[C@H]3CC[C@]12C. The van der Waals surface area contributed by atoms with Crippen LogP contribution in [-0.4, -0.2) is 11.2 Å². The van der Waals surface area contributed by atoms with Gasteiger partial charge in [-0.15, -0.1) is 0 Å². The van der Waals surface area contributed by atoms with E-state index >= 15 is 0 Å². The average Bonchev–Trinajstić information content (AvgIpc) is 2.99. The van der Waals surface area contributed by atoms with Gasteiger partial charge >= 0.3 is 0 Å². The molecule has 0 radical (unpaired) electrons. The quantitative estimate of drug-likeness (QED) is 0.493. The smallest absolute Gasteiger partial charge is 0.0724 e. The molecule has 0 aromatic carbocycles. The van der Waals surface area contributed by atoms with Crippen molar-refractivity contribution in [1.29, 1.82) is 0 Å². The molecule has 4 rings (SSSR count). The minimum absolute atomic E-state index is 0.200. The Morgan fingerprint density at radius 3 is 2.54 bits per heavy atom. The van der Waals surface area contributed by atoms with Crippen molar-refractivity contribution in [3.63, 3.8) is 0 Å². The molecule has 7 atom stereocenters. The lowest BCUT2D eigenvalue weighted by Gasteiger charge is -2.55. The average molecular weight is 385 g/mol. The molecule has 0 aromatic heterocycles. The number of aliphatic hydroxyl groups excluding tert-OH is 1. The van der Waals surface area contributed by atoms with Crippen molar-refractivity contribution >= 4 is 0 Å². The van der Waals surface area contributed by atoms with Crippen molar-refractivity contribution in [2.75, 3.05) is 0 Å². The van der Waals surface area contributed by atoms with E-state index in [1.54, 1.807) is 5.57 Å². The molecule has 0 aliphatic heterocycles. The van der Waals surface area contributed by atoms with Gasteiger partial charge in [-0.1, -0.05) is 77.2 Å². The minimum atomic E-state index is -0.200. The van der Waals surface area contributed by atoms with Crippen LogP contribution in [0, 0.1) is 40.4 Å². The van der Waals surface area contributed by atoms with Crippen molar-refractivity contribution in [2.24, 2.45) is 40.4 Å². The lowest BCUT2D eigenvalue weighted by molar-refractivity contribution is 0.0415. The maximum atomic E-state index is 10.2. The van der Waals surface area contributed by atoms with Crippen LogP contribution in [-0.2, 0) is 0 Å². The molecule has 0 amide bonds. The zero-order valence-corrected chi connectivity index (χ0v) is 19.1. The van der Waals surface area contributed by atoms with Gasteiger partial charge in [0.05, 0.1) is 6.10 Å². The van der Waals surface area contributed by atoms with Gasteiger partial charge in [0.25, 0.3) is 0 Å². The molecule has 1 nitrogen and oxygen atoms in total. The molecule has 4 aliphatic carbocycles. The summed E-state index contributed by atoms with van der Waals surface area (Å²) < 4.78 is 0. The second-order valence-electron chi connectivity index (χ2n) is 11.8. The first-order valence-electron chi connectivity index (χ1n) is 12.3. The molecule has 1 heteroatoms. The summed E-state index contributed by atoms with van der Waals surface area (Å²) in [4.78, 5) is 0. The monoisotopic (exact) mass is 384 g/mol. The summed E-state index contributed by atoms with van der Waals surface area (Å²) in [6.45, 7) is 12.5. The van der Waals surface area contributed by atoms with E-state index in [-0.39, 0.29) is 6.10 Å². The van der Waals surface area contributed by atoms with E-state index in [0.717, 1.165) is 42.4 Å². The van der Waals surface area contributed by atoms with Crippen molar-refractivity contribution in [3.8, 4) is 0 Å². The molecule has 0 spiro atoms. The van der Waals surface area contributed by atoms with E-state index in [0.29, 0.717) is 10.8 Å². The van der Waals surface area contributed by atoms with E-state index in [9.17, 15) is 5.11 Å². The second kappa shape index (κ2) is 7.60. The summed E-state index contributed by atoms with van der Waals surface area (Å²) in [7, 11) is 0. The Kier molecular flexibility index (Phi) is 5.62. The van der Waals surface area contributed by atoms with Crippen LogP contribution in [0.25, 0.3) is 0 Å². The summed E-state index contributed by atoms with van der Waals surface area (Å²) in [6.07, 6.45) is 17.8. The van der Waals surface area contributed by atoms with Gasteiger partial charge in [-0.3, -0.25) is 0 Å². The van der Waals surface area contributed by atoms with Gasteiger partial charge in [0.15, 0.2) is 0 Å². The molecule has 2 saturated carbocycles. The van der Waals surface area contributed by atoms with E-state index < -0.39 is 0 Å². The van der Waals surface area contributed by atoms with Gasteiger partial charge in [0.2, 0.25) is 0 Å². The lowest BCUT2D eigenvalue weighted by Crippen LogP contribution is -2.46. The number of rotatable bonds is 5. The number of allylic oxidation sites excluding steroid dienone is 3. The molecular weight excluding hydrogens is 340 g/mol. The van der Waals surface area contributed by atoms with Crippen LogP contribution in [0.4, 0.5) is 0 Å². The lowest BCUT2D eigenvalue weighted by atomic mass is 9.49. The summed E-state index contributed by atoms with van der Waals surface area (Å²) in [5.74, 6) is 4.22. The largest absolute Gasteiger partial charge is 0.389 e. The number of fused-ring (bicyclic) bond motifs is 5. The van der Waals surface area contributed by atoms with Crippen LogP contribution in [0.2, 0.25) is 0 Å². The summed E-state index contributed by atoms with van der Waals surface area (Å²) >= 11 is 0. The van der Waals surface area contributed by atoms with Gasteiger partial charge in [0, 0.05) is 0 Å². The Labute approximate surface area is 174 Å². The van der Waals surface area contributed by atoms with Crippen molar-refractivity contribution in [1.82, 2.24) is 0 Å². The standard InChI is InChI=1S/C27H44O/c1-18(2)7-6-8-19(3)23-11-12-24-22-10-9-20-17-21(28)13-15-26(20,4)25(22)14-16-27(23,24)5/h10,17-19,21,23-25,28H,6-9,11-16H2,1-5H3/t19-,21+,23-,24+,25+,26+,27-/m1/s1. The fourth-order valence-corrected chi connectivity index (χ4v) is 8.03. The number of hydrogen-bond acceptors (Lipinski definition) is 1. The first-order valence-corrected chi connectivity index (χ1v) is 12.3. The van der Waals surface area contributed by atoms with Gasteiger partial charge in [-0.25, -0.2) is 0 Å². The van der Waals surface area contributed by atoms with Crippen LogP contribution >= 0.6 is 0 Å². The van der Waals surface area contributed by atoms with Crippen LogP contribution in [0.15, 0.2) is 23.3 Å². The first kappa shape index (κ1) is 20.7. The Morgan fingerprint density at radius 1 is 1.00 bits per heavy atom. The normalized spacial score (nSPS) is 43.7. The van der Waals surface area contributed by atoms with Crippen molar-refractivity contribution in [3.05, 3.63) is 23.3 Å². The zero-order chi connectivity index (χ0) is 20.1. The molecular formula is C27H44O. The highest BCUT2D eigenvalue weighted by molar-refractivity contribution is 5.36. The minimum Gasteiger partial charge on any atom is -0.389 e. The molecule has 0 saturated heterocycles. The summed E-state index contributed by atoms with van der Waals surface area (Å²) in [5.41, 5.74) is 4.23. The van der Waals surface area contributed by atoms with Gasteiger partial charge in [-0.05, 0) is 85.4 Å². The molecule has 1 N–H and O–H groups in total. The topological polar surface area (TPSA) is 20.2 Å². The Bertz CT molecular complexity index is 643. The summed E-state index contributed by atoms with van der Waals surface area (Å²) in [5, 5.41) is 10.2. The van der Waals surface area contributed by atoms with E-state index in [1.807, 2.05) is 5.57 Å². The molecule has 0 aromatic rings. The predicted octanol–water partition coefficient (Wildman–Crippen LogP) is 7.31. The summed E-state index contributed by atoms with van der Waals surface area (Å²) in [6, 6.07) is 0. The van der Waals surface area contributed by atoms with Crippen LogP contribution in [0.5, 0.6) is 0 Å². The maximum absolute atomic E-state index is 10.2. The third kappa shape index (κ3) is 3.34. The fraction of sp³-hybridized carbons (Fsp3) is 0.852. The van der Waals surface area contributed by atoms with Crippen molar-refractivity contribution < 1.29 is 5.11 Å². The van der Waals surface area contributed by atoms with Crippen LogP contribution in [0.3, 0.4) is 0 Å². The van der Waals surface area contributed by atoms with Gasteiger partial charge < -0.3 is 5.11 Å². The Morgan fingerprint density at radius 2 is 1.79 bits per heavy atom. The van der Waals surface area contributed by atoms with E-state index in [2.05, 4.69) is 46.8 Å². The third-order valence-corrected chi connectivity index (χ3v) is 9.73. The number of aliphatic hydroxyl groups is 1. The molecule has 2 fully saturated rings. The predicted molar refractivity (Wildman–Crippen MR) is 119 cm³/mol. The van der Waals surface area contributed by atoms with Gasteiger partial charge in [0.1, 0.15) is 0 Å². The maximum Gasteiger partial charge on any atom is 0.0724 e. The molecule has 0 bridgehead atoms. The molecule has 0 heterocycles. The Hall–Kier alpha value is -0.560. The van der Waals surface area contributed by atoms with Crippen LogP contribution < -0.4 is 0 Å². The molecule has 0 unspecified atom stereocenters. The first-order chi connectivity index (χ1) is 13.3. The number of hydrogen-bond donors (Lipinski definition) is 1. The highest BCUT2D eigenvalue weighted by Gasteiger charge is 2.56. The molecule has 4 aliphatic rings. The third-order valence-electron chi connectivity index (χ3n) is 9.73. The molecule has 158 valence electrons. The van der Waals surface area contributed by atoms with Crippen molar-refractivity contribution in [2.45, 2.75) is 105 Å². The fourth-order valence-electron chi connectivity index (χ4n) is 8.03. The van der Waals surface area contributed by atoms with E-state index in [4.69, 9.17) is 0 Å². The van der Waals surface area contributed by atoms with Gasteiger partial charge in [-0.2, -0.15) is 0 Å². The van der Waals surface area contributed by atoms with E-state index in [1.165, 1.54) is 51.4 Å². The van der Waals surface area contributed by atoms with Crippen LogP contribution in [0.1, 0.15) is 98.8 Å². The highest BCUT2D eigenvalue weighted by Crippen LogP contribution is 2.66. The highest BCUT2D eigenvalue weighted by atomic mass is 16.3. The Balaban J connectivity index is 1.53. The second-order valence-corrected chi connectivity index (χ2v) is 11.8.